The third-order valence-corrected chi connectivity index (χ3v) is 7.15. The highest BCUT2D eigenvalue weighted by Crippen LogP contribution is 2.22. The Balaban J connectivity index is 1.46. The monoisotopic (exact) mass is 537 g/mol. The number of aromatic nitrogens is 1. The Morgan fingerprint density at radius 2 is 1.20 bits per heavy atom. The second-order valence-electron chi connectivity index (χ2n) is 10.3. The molecule has 0 amide bonds. The summed E-state index contributed by atoms with van der Waals surface area (Å²) >= 11 is 0. The van der Waals surface area contributed by atoms with E-state index in [1.165, 1.54) is 0 Å². The summed E-state index contributed by atoms with van der Waals surface area (Å²) in [5, 5.41) is 0. The average molecular weight is 538 g/mol. The van der Waals surface area contributed by atoms with Crippen LogP contribution in [0, 0.1) is 0 Å². The molecule has 4 aromatic carbocycles. The Kier molecular flexibility index (Phi) is 9.49. The molecule has 1 heterocycles. The molecule has 4 nitrogen and oxygen atoms in total. The van der Waals surface area contributed by atoms with Crippen LogP contribution in [0.4, 0.5) is 0 Å². The van der Waals surface area contributed by atoms with E-state index in [2.05, 4.69) is 58.4 Å². The number of hydrogen-bond acceptors (Lipinski definition) is 4. The van der Waals surface area contributed by atoms with Gasteiger partial charge in [0.15, 0.2) is 5.78 Å². The van der Waals surface area contributed by atoms with E-state index in [0.29, 0.717) is 31.6 Å². The zero-order chi connectivity index (χ0) is 28.3. The van der Waals surface area contributed by atoms with E-state index in [9.17, 15) is 4.79 Å². The summed E-state index contributed by atoms with van der Waals surface area (Å²) < 4.78 is 0. The Labute approximate surface area is 242 Å². The number of hydrogen-bond donors (Lipinski definition) is 1. The minimum atomic E-state index is -0.398. The van der Waals surface area contributed by atoms with Gasteiger partial charge in [-0.2, -0.15) is 0 Å². The van der Waals surface area contributed by atoms with Gasteiger partial charge in [0.05, 0.1) is 11.7 Å². The number of pyridine rings is 1. The van der Waals surface area contributed by atoms with Gasteiger partial charge in [-0.25, -0.2) is 0 Å². The maximum Gasteiger partial charge on any atom is 0.174 e. The van der Waals surface area contributed by atoms with Crippen LogP contribution in [0.25, 0.3) is 11.3 Å². The first-order valence-corrected chi connectivity index (χ1v) is 14.0. The molecule has 41 heavy (non-hydrogen) atoms. The molecule has 0 unspecified atom stereocenters. The lowest BCUT2D eigenvalue weighted by Gasteiger charge is -2.31. The van der Waals surface area contributed by atoms with Crippen LogP contribution in [-0.2, 0) is 30.7 Å². The highest BCUT2D eigenvalue weighted by molar-refractivity contribution is 5.95. The Hall–Kier alpha value is -4.80. The van der Waals surface area contributed by atoms with Gasteiger partial charge >= 0.3 is 0 Å². The van der Waals surface area contributed by atoms with E-state index < -0.39 is 6.04 Å². The van der Waals surface area contributed by atoms with Gasteiger partial charge in [-0.3, -0.25) is 14.7 Å². The fourth-order valence-corrected chi connectivity index (χ4v) is 5.05. The molecule has 4 heteroatoms. The van der Waals surface area contributed by atoms with Crippen molar-refractivity contribution in [2.24, 2.45) is 5.73 Å². The van der Waals surface area contributed by atoms with Crippen LogP contribution >= 0.6 is 0 Å². The summed E-state index contributed by atoms with van der Waals surface area (Å²) in [6, 6.07) is 44.5. The number of allylic oxidation sites excluding steroid dienone is 1. The van der Waals surface area contributed by atoms with Crippen molar-refractivity contribution in [1.29, 1.82) is 0 Å². The first-order valence-electron chi connectivity index (χ1n) is 14.0. The molecular formula is C37H35N3O. The van der Waals surface area contributed by atoms with Gasteiger partial charge in [0, 0.05) is 43.0 Å². The maximum absolute atomic E-state index is 14.1. The highest BCUT2D eigenvalue weighted by Gasteiger charge is 2.26. The first kappa shape index (κ1) is 27.8. The van der Waals surface area contributed by atoms with Gasteiger partial charge in [-0.15, -0.1) is 0 Å². The van der Waals surface area contributed by atoms with E-state index in [4.69, 9.17) is 5.73 Å². The van der Waals surface area contributed by atoms with Crippen molar-refractivity contribution < 1.29 is 4.79 Å². The van der Waals surface area contributed by atoms with Crippen molar-refractivity contribution in [1.82, 2.24) is 9.88 Å². The quantitative estimate of drug-likeness (QED) is 0.174. The molecule has 0 aliphatic heterocycles. The molecule has 204 valence electrons. The molecular weight excluding hydrogens is 502 g/mol. The van der Waals surface area contributed by atoms with Gasteiger partial charge in [-0.05, 0) is 40.8 Å². The number of benzene rings is 4. The van der Waals surface area contributed by atoms with Crippen LogP contribution < -0.4 is 5.73 Å². The average Bonchev–Trinajstić information content (AvgIpc) is 3.02. The van der Waals surface area contributed by atoms with Crippen molar-refractivity contribution >= 4 is 5.78 Å². The standard InChI is InChI=1S/C37H35N3O/c38-34(24-29-12-4-1-5-13-29)26-37(41)36(25-30-19-21-33(22-20-30)35-18-10-11-23-39-35)40(27-31-14-6-2-7-15-31)28-32-16-8-3-9-17-32/h1-23,26,36H,24-25,27-28,38H2/b34-26+/t36-/m0/s1. The Morgan fingerprint density at radius 3 is 1.73 bits per heavy atom. The van der Waals surface area contributed by atoms with Crippen molar-refractivity contribution in [2.45, 2.75) is 32.0 Å². The smallest absolute Gasteiger partial charge is 0.174 e. The predicted molar refractivity (Wildman–Crippen MR) is 167 cm³/mol. The minimum Gasteiger partial charge on any atom is -0.402 e. The zero-order valence-electron chi connectivity index (χ0n) is 23.1. The molecule has 2 N–H and O–H groups in total. The summed E-state index contributed by atoms with van der Waals surface area (Å²) in [4.78, 5) is 20.8. The van der Waals surface area contributed by atoms with E-state index in [0.717, 1.165) is 33.5 Å². The lowest BCUT2D eigenvalue weighted by molar-refractivity contribution is -0.120. The fourth-order valence-electron chi connectivity index (χ4n) is 5.05. The van der Waals surface area contributed by atoms with Gasteiger partial charge in [-0.1, -0.05) is 121 Å². The molecule has 0 saturated heterocycles. The van der Waals surface area contributed by atoms with Gasteiger partial charge in [0.1, 0.15) is 0 Å². The molecule has 0 aliphatic rings. The van der Waals surface area contributed by atoms with Gasteiger partial charge < -0.3 is 5.73 Å². The fraction of sp³-hybridized carbons (Fsp3) is 0.135. The first-order chi connectivity index (χ1) is 20.1. The number of ketones is 1. The van der Waals surface area contributed by atoms with Crippen LogP contribution in [0.5, 0.6) is 0 Å². The molecule has 0 bridgehead atoms. The van der Waals surface area contributed by atoms with Crippen LogP contribution in [0.1, 0.15) is 22.3 Å². The minimum absolute atomic E-state index is 0.0131. The van der Waals surface area contributed by atoms with E-state index in [-0.39, 0.29) is 5.78 Å². The van der Waals surface area contributed by atoms with Crippen LogP contribution in [0.3, 0.4) is 0 Å². The van der Waals surface area contributed by atoms with Crippen LogP contribution in [-0.4, -0.2) is 21.7 Å². The summed E-state index contributed by atoms with van der Waals surface area (Å²) in [6.07, 6.45) is 4.55. The third-order valence-electron chi connectivity index (χ3n) is 7.15. The van der Waals surface area contributed by atoms with Crippen molar-refractivity contribution in [2.75, 3.05) is 0 Å². The largest absolute Gasteiger partial charge is 0.402 e. The lowest BCUT2D eigenvalue weighted by Crippen LogP contribution is -2.41. The van der Waals surface area contributed by atoms with Crippen molar-refractivity contribution in [3.63, 3.8) is 0 Å². The Bertz CT molecular complexity index is 1490. The SMILES string of the molecule is N/C(=C/C(=O)[C@H](Cc1ccc(-c2ccccn2)cc1)N(Cc1ccccc1)Cc1ccccc1)Cc1ccccc1. The van der Waals surface area contributed by atoms with E-state index >= 15 is 0 Å². The Morgan fingerprint density at radius 1 is 0.659 bits per heavy atom. The van der Waals surface area contributed by atoms with Crippen molar-refractivity contribution in [3.8, 4) is 11.3 Å². The number of nitrogens with zero attached hydrogens (tertiary/aromatic N) is 2. The lowest BCUT2D eigenvalue weighted by atomic mass is 9.96. The number of nitrogens with two attached hydrogens (primary N) is 1. The molecule has 5 rings (SSSR count). The zero-order valence-corrected chi connectivity index (χ0v) is 23.1. The van der Waals surface area contributed by atoms with Crippen molar-refractivity contribution in [3.05, 3.63) is 174 Å². The topological polar surface area (TPSA) is 59.2 Å². The summed E-state index contributed by atoms with van der Waals surface area (Å²) in [7, 11) is 0. The number of carbonyl (C=O) groups is 1. The van der Waals surface area contributed by atoms with Crippen LogP contribution in [0.15, 0.2) is 151 Å². The maximum atomic E-state index is 14.1. The summed E-state index contributed by atoms with van der Waals surface area (Å²) in [6.45, 7) is 1.29. The molecule has 0 saturated carbocycles. The second-order valence-corrected chi connectivity index (χ2v) is 10.3. The molecule has 5 aromatic rings. The summed E-state index contributed by atoms with van der Waals surface area (Å²) in [5.41, 5.74) is 13.5. The molecule has 0 aliphatic carbocycles. The molecule has 0 radical (unpaired) electrons. The normalized spacial score (nSPS) is 12.3. The van der Waals surface area contributed by atoms with Gasteiger partial charge in [0.25, 0.3) is 0 Å². The second kappa shape index (κ2) is 14.0. The van der Waals surface area contributed by atoms with E-state index in [1.807, 2.05) is 84.9 Å². The molecule has 1 atom stereocenters. The van der Waals surface area contributed by atoms with Gasteiger partial charge in [0.2, 0.25) is 0 Å². The predicted octanol–water partition coefficient (Wildman–Crippen LogP) is 7.02. The highest BCUT2D eigenvalue weighted by atomic mass is 16.1. The van der Waals surface area contributed by atoms with Crippen LogP contribution in [0.2, 0.25) is 0 Å². The third kappa shape index (κ3) is 8.10. The van der Waals surface area contributed by atoms with E-state index in [1.54, 1.807) is 12.3 Å². The molecule has 0 spiro atoms. The number of carbonyl (C=O) groups excluding carboxylic acids is 1. The summed E-state index contributed by atoms with van der Waals surface area (Å²) in [5.74, 6) is 0.0131. The number of rotatable bonds is 12. The molecule has 0 fully saturated rings. The molecule has 1 aromatic heterocycles.